The standard InChI is InChI=1S/C19H25N3O3/c1-13-4-5-16-15(10-13)14-6-7-21(3)11-17(14)22(16)12-19(18(23)20-2)24-8-9-25-19/h4-5,10H,6-9,11-12H2,1-3H3,(H,20,23). The highest BCUT2D eigenvalue weighted by Gasteiger charge is 2.45. The summed E-state index contributed by atoms with van der Waals surface area (Å²) >= 11 is 0. The van der Waals surface area contributed by atoms with Gasteiger partial charge in [0.1, 0.15) is 0 Å². The lowest BCUT2D eigenvalue weighted by molar-refractivity contribution is -0.187. The number of aromatic nitrogens is 1. The molecular weight excluding hydrogens is 318 g/mol. The summed E-state index contributed by atoms with van der Waals surface area (Å²) in [6, 6.07) is 6.52. The Balaban J connectivity index is 1.86. The van der Waals surface area contributed by atoms with Crippen LogP contribution >= 0.6 is 0 Å². The van der Waals surface area contributed by atoms with E-state index in [1.165, 1.54) is 22.2 Å². The maximum Gasteiger partial charge on any atom is 0.282 e. The molecule has 0 bridgehead atoms. The Kier molecular flexibility index (Phi) is 4.06. The lowest BCUT2D eigenvalue weighted by Crippen LogP contribution is -2.50. The number of benzene rings is 1. The van der Waals surface area contributed by atoms with Crippen molar-refractivity contribution in [2.45, 2.75) is 32.2 Å². The number of carbonyl (C=O) groups excluding carboxylic acids is 1. The predicted octanol–water partition coefficient (Wildman–Crippen LogP) is 1.43. The van der Waals surface area contributed by atoms with Gasteiger partial charge in [0.25, 0.3) is 11.7 Å². The highest BCUT2D eigenvalue weighted by atomic mass is 16.7. The molecule has 0 radical (unpaired) electrons. The van der Waals surface area contributed by atoms with Gasteiger partial charge in [-0.2, -0.15) is 0 Å². The van der Waals surface area contributed by atoms with E-state index in [9.17, 15) is 4.79 Å². The fourth-order valence-corrected chi connectivity index (χ4v) is 4.02. The van der Waals surface area contributed by atoms with Gasteiger partial charge in [-0.15, -0.1) is 0 Å². The molecule has 0 saturated carbocycles. The second kappa shape index (κ2) is 6.12. The Labute approximate surface area is 147 Å². The summed E-state index contributed by atoms with van der Waals surface area (Å²) in [4.78, 5) is 14.8. The zero-order valence-electron chi connectivity index (χ0n) is 15.1. The Bertz CT molecular complexity index is 821. The van der Waals surface area contributed by atoms with Gasteiger partial charge in [0.05, 0.1) is 19.8 Å². The molecule has 3 heterocycles. The summed E-state index contributed by atoms with van der Waals surface area (Å²) in [5.41, 5.74) is 5.05. The van der Waals surface area contributed by atoms with Crippen molar-refractivity contribution in [3.63, 3.8) is 0 Å². The van der Waals surface area contributed by atoms with E-state index in [1.807, 2.05) is 0 Å². The number of aryl methyl sites for hydroxylation is 1. The summed E-state index contributed by atoms with van der Waals surface area (Å²) in [5.74, 6) is -1.47. The number of carbonyl (C=O) groups is 1. The van der Waals surface area contributed by atoms with Crippen molar-refractivity contribution < 1.29 is 14.3 Å². The van der Waals surface area contributed by atoms with Gasteiger partial charge in [0.15, 0.2) is 0 Å². The van der Waals surface area contributed by atoms with Gasteiger partial charge in [0.2, 0.25) is 0 Å². The molecule has 1 amide bonds. The van der Waals surface area contributed by atoms with Gasteiger partial charge in [-0.1, -0.05) is 11.6 Å². The topological polar surface area (TPSA) is 55.7 Å². The summed E-state index contributed by atoms with van der Waals surface area (Å²) in [6.45, 7) is 5.28. The molecule has 2 aliphatic heterocycles. The first kappa shape index (κ1) is 16.6. The molecule has 1 saturated heterocycles. The summed E-state index contributed by atoms with van der Waals surface area (Å²) in [6.07, 6.45) is 1.02. The van der Waals surface area contributed by atoms with Gasteiger partial charge in [-0.05, 0) is 38.1 Å². The minimum atomic E-state index is -1.24. The van der Waals surface area contributed by atoms with Crippen LogP contribution < -0.4 is 5.32 Å². The van der Waals surface area contributed by atoms with Crippen LogP contribution in [0.3, 0.4) is 0 Å². The van der Waals surface area contributed by atoms with Crippen LogP contribution in [-0.2, 0) is 33.8 Å². The summed E-state index contributed by atoms with van der Waals surface area (Å²) < 4.78 is 13.8. The van der Waals surface area contributed by atoms with Crippen LogP contribution in [0.2, 0.25) is 0 Å². The molecule has 1 N–H and O–H groups in total. The quantitative estimate of drug-likeness (QED) is 0.916. The number of nitrogens with zero attached hydrogens (tertiary/aromatic N) is 2. The zero-order chi connectivity index (χ0) is 17.6. The highest BCUT2D eigenvalue weighted by Crippen LogP contribution is 2.34. The van der Waals surface area contributed by atoms with Crippen molar-refractivity contribution in [2.75, 3.05) is 33.9 Å². The van der Waals surface area contributed by atoms with E-state index in [2.05, 4.69) is 47.0 Å². The normalized spacial score (nSPS) is 20.0. The molecule has 1 aromatic heterocycles. The molecular formula is C19H25N3O3. The largest absolute Gasteiger partial charge is 0.354 e. The third-order valence-electron chi connectivity index (χ3n) is 5.30. The Hall–Kier alpha value is -1.89. The van der Waals surface area contributed by atoms with E-state index >= 15 is 0 Å². The van der Waals surface area contributed by atoms with Crippen molar-refractivity contribution in [3.8, 4) is 0 Å². The van der Waals surface area contributed by atoms with Gasteiger partial charge in [0, 0.05) is 36.7 Å². The fourth-order valence-electron chi connectivity index (χ4n) is 4.02. The minimum absolute atomic E-state index is 0.225. The smallest absolute Gasteiger partial charge is 0.282 e. The van der Waals surface area contributed by atoms with Gasteiger partial charge < -0.3 is 24.3 Å². The van der Waals surface area contributed by atoms with E-state index in [0.29, 0.717) is 19.8 Å². The molecule has 0 spiro atoms. The second-order valence-electron chi connectivity index (χ2n) is 7.05. The Morgan fingerprint density at radius 2 is 2.08 bits per heavy atom. The van der Waals surface area contributed by atoms with E-state index in [1.54, 1.807) is 7.05 Å². The molecule has 6 nitrogen and oxygen atoms in total. The Morgan fingerprint density at radius 1 is 1.32 bits per heavy atom. The number of nitrogens with one attached hydrogen (secondary N) is 1. The van der Waals surface area contributed by atoms with Crippen LogP contribution in [0.4, 0.5) is 0 Å². The predicted molar refractivity (Wildman–Crippen MR) is 95.4 cm³/mol. The van der Waals surface area contributed by atoms with E-state index in [0.717, 1.165) is 25.0 Å². The zero-order valence-corrected chi connectivity index (χ0v) is 15.1. The van der Waals surface area contributed by atoms with Crippen molar-refractivity contribution in [1.82, 2.24) is 14.8 Å². The van der Waals surface area contributed by atoms with Crippen LogP contribution in [0, 0.1) is 6.92 Å². The summed E-state index contributed by atoms with van der Waals surface area (Å²) in [7, 11) is 3.75. The van der Waals surface area contributed by atoms with Crippen molar-refractivity contribution in [1.29, 1.82) is 0 Å². The molecule has 0 unspecified atom stereocenters. The van der Waals surface area contributed by atoms with E-state index in [-0.39, 0.29) is 5.91 Å². The highest BCUT2D eigenvalue weighted by molar-refractivity contribution is 5.88. The van der Waals surface area contributed by atoms with Crippen molar-refractivity contribution >= 4 is 16.8 Å². The van der Waals surface area contributed by atoms with Crippen LogP contribution in [0.25, 0.3) is 10.9 Å². The van der Waals surface area contributed by atoms with Gasteiger partial charge >= 0.3 is 0 Å². The van der Waals surface area contributed by atoms with E-state index < -0.39 is 5.79 Å². The number of ether oxygens (including phenoxy) is 2. The van der Waals surface area contributed by atoms with Gasteiger partial charge in [-0.3, -0.25) is 4.79 Å². The molecule has 6 heteroatoms. The Morgan fingerprint density at radius 3 is 2.80 bits per heavy atom. The average molecular weight is 343 g/mol. The second-order valence-corrected chi connectivity index (χ2v) is 7.05. The maximum absolute atomic E-state index is 12.5. The molecule has 134 valence electrons. The SMILES string of the molecule is CNC(=O)C1(Cn2c3c(c4cc(C)ccc42)CCN(C)C3)OCCO1. The number of rotatable bonds is 3. The lowest BCUT2D eigenvalue weighted by Gasteiger charge is -2.29. The molecule has 1 fully saturated rings. The van der Waals surface area contributed by atoms with Crippen LogP contribution in [-0.4, -0.2) is 55.0 Å². The first-order chi connectivity index (χ1) is 12.0. The first-order valence-electron chi connectivity index (χ1n) is 8.83. The molecule has 0 atom stereocenters. The number of hydrogen-bond acceptors (Lipinski definition) is 4. The molecule has 4 rings (SSSR count). The molecule has 25 heavy (non-hydrogen) atoms. The van der Waals surface area contributed by atoms with Gasteiger partial charge in [-0.25, -0.2) is 0 Å². The fraction of sp³-hybridized carbons (Fsp3) is 0.526. The number of amides is 1. The first-order valence-corrected chi connectivity index (χ1v) is 8.83. The summed E-state index contributed by atoms with van der Waals surface area (Å²) in [5, 5.41) is 3.98. The van der Waals surface area contributed by atoms with Crippen LogP contribution in [0.15, 0.2) is 18.2 Å². The van der Waals surface area contributed by atoms with E-state index in [4.69, 9.17) is 9.47 Å². The van der Waals surface area contributed by atoms with Crippen molar-refractivity contribution in [2.24, 2.45) is 0 Å². The maximum atomic E-state index is 12.5. The van der Waals surface area contributed by atoms with Crippen LogP contribution in [0.1, 0.15) is 16.8 Å². The lowest BCUT2D eigenvalue weighted by atomic mass is 10.0. The molecule has 2 aliphatic rings. The molecule has 2 aromatic rings. The number of likely N-dealkylation sites (N-methyl/N-ethyl adjacent to an activating group) is 2. The van der Waals surface area contributed by atoms with Crippen LogP contribution in [0.5, 0.6) is 0 Å². The monoisotopic (exact) mass is 343 g/mol. The molecule has 0 aliphatic carbocycles. The third-order valence-corrected chi connectivity index (χ3v) is 5.30. The number of fused-ring (bicyclic) bond motifs is 3. The number of hydrogen-bond donors (Lipinski definition) is 1. The molecule has 1 aromatic carbocycles. The minimum Gasteiger partial charge on any atom is -0.354 e. The average Bonchev–Trinajstić information content (AvgIpc) is 3.19. The van der Waals surface area contributed by atoms with Crippen molar-refractivity contribution in [3.05, 3.63) is 35.0 Å². The third kappa shape index (κ3) is 2.65.